The molecule has 7 nitrogen and oxygen atoms in total. The second-order valence-corrected chi connectivity index (χ2v) is 6.10. The lowest BCUT2D eigenvalue weighted by molar-refractivity contribution is -0.0134. The first kappa shape index (κ1) is 15.7. The Morgan fingerprint density at radius 1 is 1.48 bits per heavy atom. The number of hydrogen-bond acceptors (Lipinski definition) is 4. The zero-order valence-corrected chi connectivity index (χ0v) is 13.8. The van der Waals surface area contributed by atoms with E-state index in [9.17, 15) is 4.79 Å². The molecule has 124 valence electrons. The summed E-state index contributed by atoms with van der Waals surface area (Å²) in [4.78, 5) is 18.6. The Morgan fingerprint density at radius 2 is 2.30 bits per heavy atom. The summed E-state index contributed by atoms with van der Waals surface area (Å²) in [6, 6.07) is 2.05. The van der Waals surface area contributed by atoms with Crippen LogP contribution in [0, 0.1) is 0 Å². The second-order valence-electron chi connectivity index (χ2n) is 6.10. The summed E-state index contributed by atoms with van der Waals surface area (Å²) >= 11 is 0. The van der Waals surface area contributed by atoms with Crippen LogP contribution in [0.5, 0.6) is 0 Å². The van der Waals surface area contributed by atoms with Crippen molar-refractivity contribution in [1.82, 2.24) is 19.7 Å². The molecule has 0 saturated carbocycles. The van der Waals surface area contributed by atoms with Gasteiger partial charge in [0.1, 0.15) is 0 Å². The molecule has 1 aliphatic rings. The van der Waals surface area contributed by atoms with Gasteiger partial charge < -0.3 is 15.0 Å². The van der Waals surface area contributed by atoms with E-state index in [1.165, 1.54) is 0 Å². The van der Waals surface area contributed by atoms with Gasteiger partial charge in [-0.2, -0.15) is 5.10 Å². The van der Waals surface area contributed by atoms with Crippen LogP contribution in [0.4, 0.5) is 10.5 Å². The molecule has 2 amide bonds. The van der Waals surface area contributed by atoms with Crippen molar-refractivity contribution in [2.24, 2.45) is 0 Å². The van der Waals surface area contributed by atoms with Crippen molar-refractivity contribution in [3.63, 3.8) is 0 Å². The van der Waals surface area contributed by atoms with Gasteiger partial charge in [0.25, 0.3) is 0 Å². The molecule has 1 saturated heterocycles. The van der Waals surface area contributed by atoms with Gasteiger partial charge in [0.05, 0.1) is 30.8 Å². The summed E-state index contributed by atoms with van der Waals surface area (Å²) in [5.41, 5.74) is 1.51. The summed E-state index contributed by atoms with van der Waals surface area (Å²) in [5, 5.41) is 8.18. The number of hydrogen-bond donors (Lipinski definition) is 1. The van der Waals surface area contributed by atoms with Crippen LogP contribution in [-0.2, 0) is 4.74 Å². The van der Waals surface area contributed by atoms with Gasteiger partial charge in [0.2, 0.25) is 0 Å². The SMILES string of the molecule is CC[C@@H]1CN(C(=O)Nc2cnc3c(cnn3C(C)C)c2)CCO1. The molecule has 1 N–H and O–H groups in total. The first-order valence-electron chi connectivity index (χ1n) is 8.09. The highest BCUT2D eigenvalue weighted by atomic mass is 16.5. The van der Waals surface area contributed by atoms with E-state index in [1.807, 2.05) is 10.7 Å². The minimum absolute atomic E-state index is 0.107. The van der Waals surface area contributed by atoms with Crippen molar-refractivity contribution in [2.75, 3.05) is 25.0 Å². The Labute approximate surface area is 135 Å². The van der Waals surface area contributed by atoms with Crippen molar-refractivity contribution in [3.8, 4) is 0 Å². The average Bonchev–Trinajstić information content (AvgIpc) is 2.98. The third-order valence-electron chi connectivity index (χ3n) is 4.06. The smallest absolute Gasteiger partial charge is 0.322 e. The van der Waals surface area contributed by atoms with E-state index in [1.54, 1.807) is 17.3 Å². The zero-order valence-electron chi connectivity index (χ0n) is 13.8. The lowest BCUT2D eigenvalue weighted by Crippen LogP contribution is -2.47. The van der Waals surface area contributed by atoms with Gasteiger partial charge in [-0.3, -0.25) is 0 Å². The van der Waals surface area contributed by atoms with Gasteiger partial charge in [0.15, 0.2) is 5.65 Å². The molecule has 7 heteroatoms. The molecule has 3 heterocycles. The highest BCUT2D eigenvalue weighted by Crippen LogP contribution is 2.19. The molecule has 0 radical (unpaired) electrons. The number of anilines is 1. The van der Waals surface area contributed by atoms with Crippen molar-refractivity contribution in [2.45, 2.75) is 39.3 Å². The molecule has 1 fully saturated rings. The Balaban J connectivity index is 1.72. The van der Waals surface area contributed by atoms with Crippen LogP contribution in [-0.4, -0.2) is 51.5 Å². The normalized spacial score (nSPS) is 18.6. The molecule has 1 aliphatic heterocycles. The Kier molecular flexibility index (Phi) is 4.47. The van der Waals surface area contributed by atoms with Crippen LogP contribution in [0.25, 0.3) is 11.0 Å². The molecule has 0 unspecified atom stereocenters. The number of carbonyl (C=O) groups excluding carboxylic acids is 1. The van der Waals surface area contributed by atoms with Crippen LogP contribution < -0.4 is 5.32 Å². The van der Waals surface area contributed by atoms with Crippen LogP contribution in [0.1, 0.15) is 33.2 Å². The number of amides is 2. The predicted octanol–water partition coefficient (Wildman–Crippen LogP) is 2.65. The monoisotopic (exact) mass is 317 g/mol. The minimum Gasteiger partial charge on any atom is -0.375 e. The van der Waals surface area contributed by atoms with Crippen molar-refractivity contribution in [3.05, 3.63) is 18.5 Å². The summed E-state index contributed by atoms with van der Waals surface area (Å²) < 4.78 is 7.47. The number of carbonyl (C=O) groups is 1. The number of aromatic nitrogens is 3. The molecule has 0 aromatic carbocycles. The second kappa shape index (κ2) is 6.54. The Bertz CT molecular complexity index is 697. The number of nitrogens with zero attached hydrogens (tertiary/aromatic N) is 4. The fraction of sp³-hybridized carbons (Fsp3) is 0.562. The Morgan fingerprint density at radius 3 is 3.04 bits per heavy atom. The molecule has 3 rings (SSSR count). The summed E-state index contributed by atoms with van der Waals surface area (Å²) in [7, 11) is 0. The average molecular weight is 317 g/mol. The van der Waals surface area contributed by atoms with Crippen molar-refractivity contribution < 1.29 is 9.53 Å². The number of urea groups is 1. The van der Waals surface area contributed by atoms with E-state index >= 15 is 0 Å². The van der Waals surface area contributed by atoms with Crippen molar-refractivity contribution in [1.29, 1.82) is 0 Å². The van der Waals surface area contributed by atoms with Gasteiger partial charge in [-0.05, 0) is 26.3 Å². The van der Waals surface area contributed by atoms with Crippen LogP contribution in [0.15, 0.2) is 18.5 Å². The lowest BCUT2D eigenvalue weighted by Gasteiger charge is -2.32. The number of rotatable bonds is 3. The third-order valence-corrected chi connectivity index (χ3v) is 4.06. The van der Waals surface area contributed by atoms with Crippen LogP contribution in [0.3, 0.4) is 0 Å². The first-order valence-corrected chi connectivity index (χ1v) is 8.09. The van der Waals surface area contributed by atoms with Crippen molar-refractivity contribution >= 4 is 22.8 Å². The van der Waals surface area contributed by atoms with E-state index in [0.717, 1.165) is 17.5 Å². The van der Waals surface area contributed by atoms with Crippen LogP contribution in [0.2, 0.25) is 0 Å². The number of ether oxygens (including phenoxy) is 1. The third kappa shape index (κ3) is 3.29. The summed E-state index contributed by atoms with van der Waals surface area (Å²) in [5.74, 6) is 0. The first-order chi connectivity index (χ1) is 11.1. The maximum Gasteiger partial charge on any atom is 0.322 e. The number of pyridine rings is 1. The van der Waals surface area contributed by atoms with E-state index in [4.69, 9.17) is 4.74 Å². The van der Waals surface area contributed by atoms with Crippen LogP contribution >= 0.6 is 0 Å². The molecule has 0 bridgehead atoms. The highest BCUT2D eigenvalue weighted by molar-refractivity contribution is 5.91. The van der Waals surface area contributed by atoms with Gasteiger partial charge >= 0.3 is 6.03 Å². The van der Waals surface area contributed by atoms with Gasteiger partial charge in [-0.15, -0.1) is 0 Å². The topological polar surface area (TPSA) is 72.3 Å². The highest BCUT2D eigenvalue weighted by Gasteiger charge is 2.23. The number of morpholine rings is 1. The summed E-state index contributed by atoms with van der Waals surface area (Å²) in [6.45, 7) is 8.02. The maximum atomic E-state index is 12.4. The lowest BCUT2D eigenvalue weighted by atomic mass is 10.2. The molecule has 0 spiro atoms. The molecule has 23 heavy (non-hydrogen) atoms. The Hall–Kier alpha value is -2.15. The molecule has 2 aromatic heterocycles. The van der Waals surface area contributed by atoms with Gasteiger partial charge in [-0.25, -0.2) is 14.5 Å². The minimum atomic E-state index is -0.107. The molecular formula is C16H23N5O2. The van der Waals surface area contributed by atoms with E-state index in [2.05, 4.69) is 36.2 Å². The number of fused-ring (bicyclic) bond motifs is 1. The number of nitrogens with one attached hydrogen (secondary N) is 1. The van der Waals surface area contributed by atoms with E-state index in [-0.39, 0.29) is 18.2 Å². The quantitative estimate of drug-likeness (QED) is 0.944. The van der Waals surface area contributed by atoms with Gasteiger partial charge in [0, 0.05) is 24.5 Å². The maximum absolute atomic E-state index is 12.4. The van der Waals surface area contributed by atoms with E-state index < -0.39 is 0 Å². The fourth-order valence-corrected chi connectivity index (χ4v) is 2.74. The largest absolute Gasteiger partial charge is 0.375 e. The molecule has 0 aliphatic carbocycles. The summed E-state index contributed by atoms with van der Waals surface area (Å²) in [6.07, 6.45) is 4.49. The standard InChI is InChI=1S/C16H23N5O2/c1-4-14-10-20(5-6-23-14)16(22)19-13-7-12-8-18-21(11(2)3)15(12)17-9-13/h7-9,11,14H,4-6,10H2,1-3H3,(H,19,22)/t14-/m1/s1. The fourth-order valence-electron chi connectivity index (χ4n) is 2.74. The molecular weight excluding hydrogens is 294 g/mol. The predicted molar refractivity (Wildman–Crippen MR) is 88.5 cm³/mol. The zero-order chi connectivity index (χ0) is 16.4. The van der Waals surface area contributed by atoms with E-state index in [0.29, 0.717) is 25.4 Å². The molecule has 2 aromatic rings. The molecule has 1 atom stereocenters. The van der Waals surface area contributed by atoms with Gasteiger partial charge in [-0.1, -0.05) is 6.92 Å².